The van der Waals surface area contributed by atoms with Crippen molar-refractivity contribution in [3.8, 4) is 11.6 Å². The molecular weight excluding hydrogens is 268 g/mol. The fourth-order valence-electron chi connectivity index (χ4n) is 1.10. The average Bonchev–Trinajstić information content (AvgIpc) is 2.28. The predicted molar refractivity (Wildman–Crippen MR) is 65.8 cm³/mol. The first-order valence-corrected chi connectivity index (χ1v) is 5.53. The van der Waals surface area contributed by atoms with Gasteiger partial charge in [-0.25, -0.2) is 4.98 Å². The van der Waals surface area contributed by atoms with E-state index in [1.54, 1.807) is 30.3 Å². The van der Waals surface area contributed by atoms with Crippen molar-refractivity contribution in [1.29, 1.82) is 0 Å². The Kier molecular flexibility index (Phi) is 3.54. The molecule has 0 unspecified atom stereocenters. The standard InChI is InChI=1S/C11H6Cl3NO/c12-7-4-5-10(15-6-7)16-9-3-1-2-8(13)11(9)14/h1-6H. The van der Waals surface area contributed by atoms with Gasteiger partial charge in [0.15, 0.2) is 0 Å². The zero-order chi connectivity index (χ0) is 11.5. The Morgan fingerprint density at radius 2 is 1.81 bits per heavy atom. The first-order chi connectivity index (χ1) is 7.66. The molecule has 5 heteroatoms. The lowest BCUT2D eigenvalue weighted by molar-refractivity contribution is 0.463. The minimum atomic E-state index is 0.362. The van der Waals surface area contributed by atoms with Gasteiger partial charge in [0.2, 0.25) is 5.88 Å². The highest BCUT2D eigenvalue weighted by molar-refractivity contribution is 6.42. The molecule has 0 atom stereocenters. The Labute approximate surface area is 108 Å². The molecule has 0 saturated heterocycles. The fourth-order valence-corrected chi connectivity index (χ4v) is 1.54. The predicted octanol–water partition coefficient (Wildman–Crippen LogP) is 4.83. The van der Waals surface area contributed by atoms with Crippen LogP contribution in [0.15, 0.2) is 36.5 Å². The summed E-state index contributed by atoms with van der Waals surface area (Å²) in [5, 5.41) is 1.35. The number of hydrogen-bond acceptors (Lipinski definition) is 2. The van der Waals surface area contributed by atoms with Crippen molar-refractivity contribution >= 4 is 34.8 Å². The van der Waals surface area contributed by atoms with Crippen LogP contribution in [0.2, 0.25) is 15.1 Å². The first-order valence-electron chi connectivity index (χ1n) is 4.40. The van der Waals surface area contributed by atoms with Crippen molar-refractivity contribution < 1.29 is 4.74 Å². The third-order valence-corrected chi connectivity index (χ3v) is 2.86. The molecule has 1 aromatic carbocycles. The normalized spacial score (nSPS) is 10.2. The molecule has 16 heavy (non-hydrogen) atoms. The highest BCUT2D eigenvalue weighted by Crippen LogP contribution is 2.33. The molecule has 0 spiro atoms. The van der Waals surface area contributed by atoms with Crippen molar-refractivity contribution in [2.75, 3.05) is 0 Å². The van der Waals surface area contributed by atoms with Crippen LogP contribution in [-0.2, 0) is 0 Å². The second-order valence-corrected chi connectivity index (χ2v) is 4.19. The van der Waals surface area contributed by atoms with Gasteiger partial charge in [0, 0.05) is 12.3 Å². The van der Waals surface area contributed by atoms with E-state index in [1.807, 2.05) is 0 Å². The maximum absolute atomic E-state index is 5.96. The number of nitrogens with zero attached hydrogens (tertiary/aromatic N) is 1. The summed E-state index contributed by atoms with van der Waals surface area (Å²) in [7, 11) is 0. The molecule has 0 amide bonds. The molecule has 0 saturated carbocycles. The summed E-state index contributed by atoms with van der Waals surface area (Å²) in [5.41, 5.74) is 0. The summed E-state index contributed by atoms with van der Waals surface area (Å²) in [5.74, 6) is 0.873. The molecule has 0 bridgehead atoms. The molecule has 0 N–H and O–H groups in total. The maximum Gasteiger partial charge on any atom is 0.219 e. The largest absolute Gasteiger partial charge is 0.437 e. The van der Waals surface area contributed by atoms with Crippen LogP contribution >= 0.6 is 34.8 Å². The Bertz CT molecular complexity index is 499. The van der Waals surface area contributed by atoms with Gasteiger partial charge in [-0.1, -0.05) is 40.9 Å². The average molecular weight is 275 g/mol. The van der Waals surface area contributed by atoms with Crippen molar-refractivity contribution in [1.82, 2.24) is 4.98 Å². The van der Waals surface area contributed by atoms with Gasteiger partial charge in [-0.3, -0.25) is 0 Å². The van der Waals surface area contributed by atoms with Crippen LogP contribution in [0.3, 0.4) is 0 Å². The van der Waals surface area contributed by atoms with E-state index in [-0.39, 0.29) is 0 Å². The van der Waals surface area contributed by atoms with Crippen LogP contribution in [-0.4, -0.2) is 4.98 Å². The van der Waals surface area contributed by atoms with Gasteiger partial charge in [-0.2, -0.15) is 0 Å². The Morgan fingerprint density at radius 1 is 1.00 bits per heavy atom. The minimum Gasteiger partial charge on any atom is -0.437 e. The number of hydrogen-bond donors (Lipinski definition) is 0. The van der Waals surface area contributed by atoms with Crippen molar-refractivity contribution in [2.24, 2.45) is 0 Å². The lowest BCUT2D eigenvalue weighted by Crippen LogP contribution is -1.88. The number of aromatic nitrogens is 1. The van der Waals surface area contributed by atoms with E-state index in [4.69, 9.17) is 39.5 Å². The van der Waals surface area contributed by atoms with E-state index >= 15 is 0 Å². The molecule has 2 nitrogen and oxygen atoms in total. The third-order valence-electron chi connectivity index (χ3n) is 1.83. The molecule has 1 aromatic heterocycles. The van der Waals surface area contributed by atoms with Gasteiger partial charge in [-0.05, 0) is 18.2 Å². The molecular formula is C11H6Cl3NO. The van der Waals surface area contributed by atoms with Gasteiger partial charge < -0.3 is 4.74 Å². The van der Waals surface area contributed by atoms with E-state index in [2.05, 4.69) is 4.98 Å². The number of benzene rings is 1. The topological polar surface area (TPSA) is 22.1 Å². The lowest BCUT2D eigenvalue weighted by Gasteiger charge is -2.07. The van der Waals surface area contributed by atoms with Crippen LogP contribution in [0.25, 0.3) is 0 Å². The van der Waals surface area contributed by atoms with Gasteiger partial charge in [-0.15, -0.1) is 0 Å². The second kappa shape index (κ2) is 4.91. The van der Waals surface area contributed by atoms with E-state index in [1.165, 1.54) is 6.20 Å². The van der Waals surface area contributed by atoms with Gasteiger partial charge >= 0.3 is 0 Å². The summed E-state index contributed by atoms with van der Waals surface area (Å²) in [6.45, 7) is 0. The highest BCUT2D eigenvalue weighted by Gasteiger charge is 2.06. The molecule has 2 aromatic rings. The van der Waals surface area contributed by atoms with Gasteiger partial charge in [0.05, 0.1) is 10.0 Å². The van der Waals surface area contributed by atoms with Crippen LogP contribution in [0.5, 0.6) is 11.6 Å². The Balaban J connectivity index is 2.27. The monoisotopic (exact) mass is 273 g/mol. The van der Waals surface area contributed by atoms with Crippen LogP contribution in [0, 0.1) is 0 Å². The fraction of sp³-hybridized carbons (Fsp3) is 0. The van der Waals surface area contributed by atoms with E-state index in [0.717, 1.165) is 0 Å². The van der Waals surface area contributed by atoms with Crippen LogP contribution in [0.4, 0.5) is 0 Å². The Morgan fingerprint density at radius 3 is 2.50 bits per heavy atom. The molecule has 1 heterocycles. The molecule has 0 aliphatic carbocycles. The van der Waals surface area contributed by atoms with Crippen molar-refractivity contribution in [3.05, 3.63) is 51.6 Å². The highest BCUT2D eigenvalue weighted by atomic mass is 35.5. The van der Waals surface area contributed by atoms with E-state index in [9.17, 15) is 0 Å². The summed E-state index contributed by atoms with van der Waals surface area (Å²) in [6.07, 6.45) is 1.50. The number of rotatable bonds is 2. The van der Waals surface area contributed by atoms with Gasteiger partial charge in [0.1, 0.15) is 10.8 Å². The van der Waals surface area contributed by atoms with Crippen LogP contribution < -0.4 is 4.74 Å². The molecule has 0 fully saturated rings. The SMILES string of the molecule is Clc1ccc(Oc2cccc(Cl)c2Cl)nc1. The van der Waals surface area contributed by atoms with E-state index in [0.29, 0.717) is 26.7 Å². The first kappa shape index (κ1) is 11.5. The lowest BCUT2D eigenvalue weighted by atomic mass is 10.3. The molecule has 2 rings (SSSR count). The molecule has 0 aliphatic rings. The smallest absolute Gasteiger partial charge is 0.219 e. The number of pyridine rings is 1. The molecule has 0 aliphatic heterocycles. The molecule has 0 radical (unpaired) electrons. The quantitative estimate of drug-likeness (QED) is 0.782. The third kappa shape index (κ3) is 2.59. The molecule has 82 valence electrons. The summed E-state index contributed by atoms with van der Waals surface area (Å²) < 4.78 is 5.46. The summed E-state index contributed by atoms with van der Waals surface area (Å²) in [6, 6.07) is 8.48. The Hall–Kier alpha value is -0.960. The summed E-state index contributed by atoms with van der Waals surface area (Å²) >= 11 is 17.5. The minimum absolute atomic E-state index is 0.362. The van der Waals surface area contributed by atoms with Gasteiger partial charge in [0.25, 0.3) is 0 Å². The number of ether oxygens (including phenoxy) is 1. The summed E-state index contributed by atoms with van der Waals surface area (Å²) in [4.78, 5) is 3.99. The maximum atomic E-state index is 5.96. The zero-order valence-electron chi connectivity index (χ0n) is 7.95. The van der Waals surface area contributed by atoms with Crippen molar-refractivity contribution in [3.63, 3.8) is 0 Å². The van der Waals surface area contributed by atoms with E-state index < -0.39 is 0 Å². The van der Waals surface area contributed by atoms with Crippen molar-refractivity contribution in [2.45, 2.75) is 0 Å². The second-order valence-electron chi connectivity index (χ2n) is 2.97. The van der Waals surface area contributed by atoms with Crippen LogP contribution in [0.1, 0.15) is 0 Å². The zero-order valence-corrected chi connectivity index (χ0v) is 10.2. The number of halogens is 3.